The maximum absolute atomic E-state index is 6.24. The molecule has 0 bridgehead atoms. The van der Waals surface area contributed by atoms with Crippen LogP contribution in [0.5, 0.6) is 5.75 Å². The molecule has 0 N–H and O–H groups in total. The lowest BCUT2D eigenvalue weighted by atomic mass is 10.1. The molecule has 0 atom stereocenters. The van der Waals surface area contributed by atoms with Crippen LogP contribution in [-0.4, -0.2) is 14.5 Å². The van der Waals surface area contributed by atoms with Crippen molar-refractivity contribution in [3.63, 3.8) is 0 Å². The monoisotopic (exact) mass is 254 g/mol. The van der Waals surface area contributed by atoms with Crippen molar-refractivity contribution in [3.05, 3.63) is 54.6 Å². The van der Waals surface area contributed by atoms with Crippen LogP contribution >= 0.6 is 0 Å². The minimum atomic E-state index is -1.07. The fourth-order valence-corrected chi connectivity index (χ4v) is 3.54. The zero-order valence-electron chi connectivity index (χ0n) is 11.1. The maximum Gasteiger partial charge on any atom is 0.546 e. The summed E-state index contributed by atoms with van der Waals surface area (Å²) in [5, 5.41) is 2.36. The van der Waals surface area contributed by atoms with Crippen molar-refractivity contribution < 1.29 is 3.79 Å². The molecule has 2 aromatic carbocycles. The summed E-state index contributed by atoms with van der Waals surface area (Å²) in [7, 11) is 0. The quantitative estimate of drug-likeness (QED) is 0.699. The molecule has 0 aliphatic carbocycles. The van der Waals surface area contributed by atoms with E-state index in [1.54, 1.807) is 0 Å². The molecule has 0 aliphatic heterocycles. The van der Waals surface area contributed by atoms with Gasteiger partial charge < -0.3 is 3.79 Å². The van der Waals surface area contributed by atoms with Crippen LogP contribution in [0, 0.1) is 0 Å². The summed E-state index contributed by atoms with van der Waals surface area (Å²) in [5.41, 5.74) is 2.44. The SMILES string of the molecule is C[CH2][Al]([CH2]C)[O]c1ccccc1-c1ccccc1. The molecule has 0 heterocycles. The van der Waals surface area contributed by atoms with Gasteiger partial charge in [-0.2, -0.15) is 0 Å². The van der Waals surface area contributed by atoms with Gasteiger partial charge in [0.25, 0.3) is 0 Å². The first-order valence-corrected chi connectivity index (χ1v) is 8.76. The van der Waals surface area contributed by atoms with Gasteiger partial charge in [0.2, 0.25) is 0 Å². The van der Waals surface area contributed by atoms with Gasteiger partial charge in [0.05, 0.1) is 5.75 Å². The largest absolute Gasteiger partial charge is 0.642 e. The van der Waals surface area contributed by atoms with Crippen LogP contribution in [0.1, 0.15) is 13.8 Å². The number of hydrogen-bond acceptors (Lipinski definition) is 1. The Labute approximate surface area is 114 Å². The summed E-state index contributed by atoms with van der Waals surface area (Å²) in [6.07, 6.45) is 0. The molecule has 0 fully saturated rings. The van der Waals surface area contributed by atoms with E-state index in [2.05, 4.69) is 62.4 Å². The van der Waals surface area contributed by atoms with Gasteiger partial charge in [-0.1, -0.05) is 72.9 Å². The second kappa shape index (κ2) is 6.64. The first kappa shape index (κ1) is 13.2. The van der Waals surface area contributed by atoms with E-state index >= 15 is 0 Å². The van der Waals surface area contributed by atoms with Crippen molar-refractivity contribution in [3.8, 4) is 16.9 Å². The molecule has 1 nitrogen and oxygen atoms in total. The fraction of sp³-hybridized carbons (Fsp3) is 0.250. The van der Waals surface area contributed by atoms with Crippen molar-refractivity contribution in [2.45, 2.75) is 24.4 Å². The lowest BCUT2D eigenvalue weighted by Crippen LogP contribution is -2.19. The lowest BCUT2D eigenvalue weighted by molar-refractivity contribution is 0.568. The van der Waals surface area contributed by atoms with Crippen LogP contribution in [0.15, 0.2) is 54.6 Å². The Kier molecular flexibility index (Phi) is 4.87. The molecule has 0 aliphatic rings. The maximum atomic E-state index is 6.24. The summed E-state index contributed by atoms with van der Waals surface area (Å²) in [6, 6.07) is 18.8. The Hall–Kier alpha value is -1.23. The molecule has 2 aromatic rings. The molecule has 0 unspecified atom stereocenters. The van der Waals surface area contributed by atoms with Gasteiger partial charge in [-0.05, 0) is 11.6 Å². The van der Waals surface area contributed by atoms with Gasteiger partial charge in [-0.15, -0.1) is 0 Å². The van der Waals surface area contributed by atoms with Crippen LogP contribution in [0.3, 0.4) is 0 Å². The summed E-state index contributed by atoms with van der Waals surface area (Å²) in [5.74, 6) is 1.05. The van der Waals surface area contributed by atoms with Gasteiger partial charge in [0.15, 0.2) is 0 Å². The summed E-state index contributed by atoms with van der Waals surface area (Å²) in [6.45, 7) is 4.46. The third kappa shape index (κ3) is 3.16. The molecule has 0 spiro atoms. The minimum Gasteiger partial charge on any atom is -0.642 e. The molecular weight excluding hydrogens is 235 g/mol. The predicted octanol–water partition coefficient (Wildman–Crippen LogP) is 4.76. The highest BCUT2D eigenvalue weighted by Gasteiger charge is 2.19. The first-order valence-electron chi connectivity index (χ1n) is 6.66. The average molecular weight is 254 g/mol. The Bertz CT molecular complexity index is 477. The molecule has 2 rings (SSSR count). The zero-order chi connectivity index (χ0) is 12.8. The Morgan fingerprint density at radius 1 is 0.833 bits per heavy atom. The molecule has 18 heavy (non-hydrogen) atoms. The van der Waals surface area contributed by atoms with E-state index in [0.717, 1.165) is 5.75 Å². The highest BCUT2D eigenvalue weighted by atomic mass is 27.2. The average Bonchev–Trinajstić information content (AvgIpc) is 2.46. The van der Waals surface area contributed by atoms with Gasteiger partial charge >= 0.3 is 14.5 Å². The van der Waals surface area contributed by atoms with Crippen LogP contribution in [0.4, 0.5) is 0 Å². The molecule has 0 saturated carbocycles. The van der Waals surface area contributed by atoms with Gasteiger partial charge in [-0.3, -0.25) is 0 Å². The zero-order valence-corrected chi connectivity index (χ0v) is 12.3. The molecule has 2 heteroatoms. The highest BCUT2D eigenvalue weighted by molar-refractivity contribution is 6.52. The van der Waals surface area contributed by atoms with Crippen LogP contribution in [-0.2, 0) is 0 Å². The molecule has 0 saturated heterocycles. The second-order valence-electron chi connectivity index (χ2n) is 4.42. The summed E-state index contributed by atoms with van der Waals surface area (Å²) < 4.78 is 6.24. The highest BCUT2D eigenvalue weighted by Crippen LogP contribution is 2.30. The third-order valence-corrected chi connectivity index (χ3v) is 5.58. The van der Waals surface area contributed by atoms with E-state index in [4.69, 9.17) is 3.79 Å². The van der Waals surface area contributed by atoms with E-state index in [0.29, 0.717) is 0 Å². The first-order chi connectivity index (χ1) is 8.85. The summed E-state index contributed by atoms with van der Waals surface area (Å²) >= 11 is -1.07. The van der Waals surface area contributed by atoms with Crippen molar-refractivity contribution in [2.24, 2.45) is 0 Å². The number of para-hydroxylation sites is 1. The van der Waals surface area contributed by atoms with Crippen molar-refractivity contribution in [1.82, 2.24) is 0 Å². The predicted molar refractivity (Wildman–Crippen MR) is 79.2 cm³/mol. The van der Waals surface area contributed by atoms with Crippen LogP contribution in [0.2, 0.25) is 10.6 Å². The third-order valence-electron chi connectivity index (χ3n) is 3.18. The van der Waals surface area contributed by atoms with E-state index in [1.807, 2.05) is 6.07 Å². The Morgan fingerprint density at radius 2 is 1.44 bits per heavy atom. The van der Waals surface area contributed by atoms with Gasteiger partial charge in [0.1, 0.15) is 0 Å². The molecular formula is C16H19AlO. The molecule has 0 aromatic heterocycles. The normalized spacial score (nSPS) is 10.1. The Balaban J connectivity index is 2.31. The van der Waals surface area contributed by atoms with Crippen LogP contribution in [0.25, 0.3) is 11.1 Å². The summed E-state index contributed by atoms with van der Waals surface area (Å²) in [4.78, 5) is 0. The molecule has 0 radical (unpaired) electrons. The van der Waals surface area contributed by atoms with Crippen molar-refractivity contribution in [1.29, 1.82) is 0 Å². The topological polar surface area (TPSA) is 9.23 Å². The number of hydrogen-bond donors (Lipinski definition) is 0. The smallest absolute Gasteiger partial charge is 0.546 e. The van der Waals surface area contributed by atoms with E-state index in [-0.39, 0.29) is 0 Å². The number of benzene rings is 2. The second-order valence-corrected chi connectivity index (χ2v) is 7.53. The minimum absolute atomic E-state index is 1.05. The van der Waals surface area contributed by atoms with E-state index in [1.165, 1.54) is 21.7 Å². The van der Waals surface area contributed by atoms with E-state index < -0.39 is 14.5 Å². The molecule has 0 amide bonds. The molecule has 92 valence electrons. The lowest BCUT2D eigenvalue weighted by Gasteiger charge is -2.16. The fourth-order valence-electron chi connectivity index (χ4n) is 2.06. The van der Waals surface area contributed by atoms with Gasteiger partial charge in [-0.25, -0.2) is 0 Å². The van der Waals surface area contributed by atoms with Crippen molar-refractivity contribution in [2.75, 3.05) is 0 Å². The standard InChI is InChI=1S/C12H10O.2C2H5.Al/c13-12-9-5-4-8-11(12)10-6-2-1-3-7-10;2*1-2;/h1-9,13H;2*1H2,2H3;/q;;;+1/p-1. The van der Waals surface area contributed by atoms with Gasteiger partial charge in [0, 0.05) is 5.56 Å². The van der Waals surface area contributed by atoms with Crippen molar-refractivity contribution >= 4 is 14.5 Å². The Morgan fingerprint density at radius 3 is 2.11 bits per heavy atom. The number of rotatable bonds is 5. The van der Waals surface area contributed by atoms with Crippen LogP contribution < -0.4 is 3.79 Å². The van der Waals surface area contributed by atoms with E-state index in [9.17, 15) is 0 Å².